The molecule has 0 aromatic heterocycles. The first-order chi connectivity index (χ1) is 6.65. The molecule has 1 aromatic carbocycles. The third kappa shape index (κ3) is 2.53. The number of anilines is 1. The molecule has 1 rings (SSSR count). The lowest BCUT2D eigenvalue weighted by Gasteiger charge is -2.11. The average molecular weight is 187 g/mol. The number of rotatable bonds is 3. The van der Waals surface area contributed by atoms with Crippen molar-refractivity contribution >= 4 is 5.69 Å². The van der Waals surface area contributed by atoms with Crippen LogP contribution in [0.4, 0.5) is 5.69 Å². The van der Waals surface area contributed by atoms with Crippen molar-refractivity contribution in [1.29, 1.82) is 0 Å². The van der Waals surface area contributed by atoms with Gasteiger partial charge in [0.1, 0.15) is 0 Å². The first kappa shape index (κ1) is 10.7. The van der Waals surface area contributed by atoms with E-state index in [1.165, 1.54) is 11.1 Å². The zero-order chi connectivity index (χ0) is 10.6. The lowest BCUT2D eigenvalue weighted by atomic mass is 10.0. The summed E-state index contributed by atoms with van der Waals surface area (Å²) in [7, 11) is 0. The van der Waals surface area contributed by atoms with Gasteiger partial charge in [0.05, 0.1) is 6.54 Å². The van der Waals surface area contributed by atoms with Gasteiger partial charge >= 0.3 is 0 Å². The van der Waals surface area contributed by atoms with Gasteiger partial charge in [-0.15, -0.1) is 6.42 Å². The van der Waals surface area contributed by atoms with Gasteiger partial charge in [-0.25, -0.2) is 0 Å². The molecule has 1 N–H and O–H groups in total. The minimum absolute atomic E-state index is 0.557. The van der Waals surface area contributed by atoms with Crippen molar-refractivity contribution in [1.82, 2.24) is 0 Å². The molecule has 0 aliphatic rings. The quantitative estimate of drug-likeness (QED) is 0.717. The fourth-order valence-corrected chi connectivity index (χ4v) is 1.34. The number of benzene rings is 1. The van der Waals surface area contributed by atoms with Crippen LogP contribution in [0.1, 0.15) is 30.9 Å². The van der Waals surface area contributed by atoms with E-state index < -0.39 is 0 Å². The normalized spacial score (nSPS) is 9.93. The third-order valence-corrected chi connectivity index (χ3v) is 2.31. The molecule has 1 nitrogen and oxygen atoms in total. The summed E-state index contributed by atoms with van der Waals surface area (Å²) in [6.07, 6.45) is 5.21. The molecule has 0 spiro atoms. The van der Waals surface area contributed by atoms with Gasteiger partial charge in [0, 0.05) is 5.69 Å². The van der Waals surface area contributed by atoms with Crippen molar-refractivity contribution in [2.45, 2.75) is 26.7 Å². The molecule has 1 aromatic rings. The average Bonchev–Trinajstić information content (AvgIpc) is 2.16. The smallest absolute Gasteiger partial charge is 0.0763 e. The van der Waals surface area contributed by atoms with Gasteiger partial charge in [0.15, 0.2) is 0 Å². The fraction of sp³-hybridized carbons (Fsp3) is 0.385. The Bertz CT molecular complexity index is 345. The Labute approximate surface area is 86.5 Å². The van der Waals surface area contributed by atoms with Gasteiger partial charge in [-0.05, 0) is 30.0 Å². The first-order valence-corrected chi connectivity index (χ1v) is 4.93. The molecule has 0 unspecified atom stereocenters. The molecule has 0 bridgehead atoms. The summed E-state index contributed by atoms with van der Waals surface area (Å²) in [5, 5.41) is 3.22. The van der Waals surface area contributed by atoms with E-state index in [1.807, 2.05) is 0 Å². The highest BCUT2D eigenvalue weighted by Crippen LogP contribution is 2.21. The van der Waals surface area contributed by atoms with Crippen molar-refractivity contribution in [3.63, 3.8) is 0 Å². The summed E-state index contributed by atoms with van der Waals surface area (Å²) in [6.45, 7) is 7.05. The molecule has 1 heteroatoms. The highest BCUT2D eigenvalue weighted by molar-refractivity contribution is 5.53. The van der Waals surface area contributed by atoms with Gasteiger partial charge in [0.25, 0.3) is 0 Å². The topological polar surface area (TPSA) is 12.0 Å². The van der Waals surface area contributed by atoms with Crippen LogP contribution in [0.25, 0.3) is 0 Å². The minimum atomic E-state index is 0.557. The summed E-state index contributed by atoms with van der Waals surface area (Å²) in [5.41, 5.74) is 3.73. The molecule has 14 heavy (non-hydrogen) atoms. The molecule has 0 saturated heterocycles. The molecule has 0 saturated carbocycles. The van der Waals surface area contributed by atoms with Gasteiger partial charge in [-0.3, -0.25) is 0 Å². The Morgan fingerprint density at radius 3 is 2.71 bits per heavy atom. The maximum Gasteiger partial charge on any atom is 0.0763 e. The van der Waals surface area contributed by atoms with Crippen LogP contribution < -0.4 is 5.32 Å². The number of hydrogen-bond donors (Lipinski definition) is 1. The molecule has 0 heterocycles. The molecule has 0 atom stereocenters. The van der Waals surface area contributed by atoms with Gasteiger partial charge in [0.2, 0.25) is 0 Å². The van der Waals surface area contributed by atoms with E-state index in [1.54, 1.807) is 0 Å². The van der Waals surface area contributed by atoms with Crippen LogP contribution in [0, 0.1) is 19.3 Å². The van der Waals surface area contributed by atoms with E-state index in [9.17, 15) is 0 Å². The molecule has 0 amide bonds. The van der Waals surface area contributed by atoms with Gasteiger partial charge < -0.3 is 5.32 Å². The zero-order valence-corrected chi connectivity index (χ0v) is 9.09. The highest BCUT2D eigenvalue weighted by Gasteiger charge is 2.02. The lowest BCUT2D eigenvalue weighted by Crippen LogP contribution is -2.01. The SMILES string of the molecule is C#CCNc1cc(C(C)C)ccc1C. The molecule has 0 radical (unpaired) electrons. The van der Waals surface area contributed by atoms with Gasteiger partial charge in [-0.1, -0.05) is 31.9 Å². The Kier molecular flexibility index (Phi) is 3.59. The predicted molar refractivity (Wildman–Crippen MR) is 62.6 cm³/mol. The largest absolute Gasteiger partial charge is 0.374 e. The predicted octanol–water partition coefficient (Wildman–Crippen LogP) is 3.16. The van der Waals surface area contributed by atoms with Gasteiger partial charge in [-0.2, -0.15) is 0 Å². The monoisotopic (exact) mass is 187 g/mol. The second kappa shape index (κ2) is 4.72. The maximum absolute atomic E-state index is 5.21. The number of terminal acetylenes is 1. The van der Waals surface area contributed by atoms with Crippen LogP contribution in [0.2, 0.25) is 0 Å². The van der Waals surface area contributed by atoms with Crippen LogP contribution in [0.3, 0.4) is 0 Å². The molecular weight excluding hydrogens is 170 g/mol. The number of nitrogens with one attached hydrogen (secondary N) is 1. The maximum atomic E-state index is 5.21. The second-order valence-corrected chi connectivity index (χ2v) is 3.79. The van der Waals surface area contributed by atoms with E-state index in [0.29, 0.717) is 12.5 Å². The van der Waals surface area contributed by atoms with Crippen LogP contribution in [-0.4, -0.2) is 6.54 Å². The Balaban J connectivity index is 2.91. The molecule has 0 aliphatic heterocycles. The van der Waals surface area contributed by atoms with Crippen molar-refractivity contribution < 1.29 is 0 Å². The summed E-state index contributed by atoms with van der Waals surface area (Å²) >= 11 is 0. The molecule has 0 fully saturated rings. The van der Waals surface area contributed by atoms with Crippen molar-refractivity contribution in [2.24, 2.45) is 0 Å². The Morgan fingerprint density at radius 2 is 2.14 bits per heavy atom. The van der Waals surface area contributed by atoms with E-state index in [0.717, 1.165) is 5.69 Å². The van der Waals surface area contributed by atoms with E-state index >= 15 is 0 Å². The Morgan fingerprint density at radius 1 is 1.43 bits per heavy atom. The molecule has 0 aliphatic carbocycles. The van der Waals surface area contributed by atoms with Crippen LogP contribution in [0.15, 0.2) is 18.2 Å². The highest BCUT2D eigenvalue weighted by atomic mass is 14.9. The van der Waals surface area contributed by atoms with Crippen LogP contribution >= 0.6 is 0 Å². The number of aryl methyl sites for hydroxylation is 1. The van der Waals surface area contributed by atoms with Crippen molar-refractivity contribution in [3.05, 3.63) is 29.3 Å². The lowest BCUT2D eigenvalue weighted by molar-refractivity contribution is 0.866. The summed E-state index contributed by atoms with van der Waals surface area (Å²) in [4.78, 5) is 0. The molecular formula is C13H17N. The van der Waals surface area contributed by atoms with Crippen LogP contribution in [0.5, 0.6) is 0 Å². The van der Waals surface area contributed by atoms with Crippen molar-refractivity contribution in [2.75, 3.05) is 11.9 Å². The Hall–Kier alpha value is -1.42. The number of hydrogen-bond acceptors (Lipinski definition) is 1. The summed E-state index contributed by atoms with van der Waals surface area (Å²) in [5.74, 6) is 3.14. The van der Waals surface area contributed by atoms with Crippen LogP contribution in [-0.2, 0) is 0 Å². The fourth-order valence-electron chi connectivity index (χ4n) is 1.34. The standard InChI is InChI=1S/C13H17N/c1-5-8-14-13-9-12(10(2)3)7-6-11(13)4/h1,6-7,9-10,14H,8H2,2-4H3. The first-order valence-electron chi connectivity index (χ1n) is 4.93. The zero-order valence-electron chi connectivity index (χ0n) is 9.09. The van der Waals surface area contributed by atoms with E-state index in [4.69, 9.17) is 6.42 Å². The summed E-state index contributed by atoms with van der Waals surface area (Å²) in [6, 6.07) is 6.48. The molecule has 74 valence electrons. The third-order valence-electron chi connectivity index (χ3n) is 2.31. The van der Waals surface area contributed by atoms with E-state index in [2.05, 4.69) is 50.2 Å². The van der Waals surface area contributed by atoms with E-state index in [-0.39, 0.29) is 0 Å². The second-order valence-electron chi connectivity index (χ2n) is 3.79. The summed E-state index contributed by atoms with van der Waals surface area (Å²) < 4.78 is 0. The minimum Gasteiger partial charge on any atom is -0.374 e. The van der Waals surface area contributed by atoms with Crippen molar-refractivity contribution in [3.8, 4) is 12.3 Å².